The van der Waals surface area contributed by atoms with Crippen molar-refractivity contribution >= 4 is 43.6 Å². The first kappa shape index (κ1) is 30.5. The van der Waals surface area contributed by atoms with E-state index in [9.17, 15) is 0 Å². The lowest BCUT2D eigenvalue weighted by Gasteiger charge is -2.57. The highest BCUT2D eigenvalue weighted by molar-refractivity contribution is 6.10. The highest BCUT2D eigenvalue weighted by atomic mass is 15.2. The van der Waals surface area contributed by atoms with Crippen molar-refractivity contribution in [3.8, 4) is 34.2 Å². The molecular weight excluding hydrogens is 657 g/mol. The Hall–Kier alpha value is -6.00. The molecule has 4 fully saturated rings. The maximum Gasteiger partial charge on any atom is 0.237 e. The van der Waals surface area contributed by atoms with Gasteiger partial charge in [-0.05, 0) is 109 Å². The number of hydrogen-bond acceptors (Lipinski definition) is 2. The van der Waals surface area contributed by atoms with Gasteiger partial charge in [-0.15, -0.1) is 0 Å². The Kier molecular flexibility index (Phi) is 6.49. The Balaban J connectivity index is 1.13. The maximum atomic E-state index is 5.51. The molecule has 260 valence electrons. The van der Waals surface area contributed by atoms with Gasteiger partial charge >= 0.3 is 0 Å². The van der Waals surface area contributed by atoms with E-state index in [1.165, 1.54) is 71.2 Å². The lowest BCUT2D eigenvalue weighted by molar-refractivity contribution is -0.00491. The van der Waals surface area contributed by atoms with Crippen molar-refractivity contribution in [1.29, 1.82) is 0 Å². The molecule has 0 aliphatic heterocycles. The average molecular weight is 697 g/mol. The molecular formula is C50H40N4. The minimum atomic E-state index is 0.270. The zero-order valence-electron chi connectivity index (χ0n) is 30.2. The SMILES string of the molecule is c1ccc(-c2cc(-c3cc(-n4c5ccccc5c5ccccc54)nc(-n4c5ccccc5c5ccccc54)n3)ccc2C23CC4CC(CC(C4)C2)C3)cc1. The summed E-state index contributed by atoms with van der Waals surface area (Å²) in [5.41, 5.74) is 11.0. The largest absolute Gasteiger partial charge is 0.294 e. The second kappa shape index (κ2) is 11.5. The molecule has 4 heteroatoms. The molecule has 0 spiro atoms. The lowest BCUT2D eigenvalue weighted by Crippen LogP contribution is -2.48. The van der Waals surface area contributed by atoms with Crippen LogP contribution in [0.2, 0.25) is 0 Å². The van der Waals surface area contributed by atoms with Crippen LogP contribution in [0.1, 0.15) is 44.1 Å². The first-order valence-corrected chi connectivity index (χ1v) is 19.8. The van der Waals surface area contributed by atoms with Gasteiger partial charge in [0.15, 0.2) is 0 Å². The van der Waals surface area contributed by atoms with Crippen LogP contribution in [0, 0.1) is 17.8 Å². The van der Waals surface area contributed by atoms with E-state index >= 15 is 0 Å². The van der Waals surface area contributed by atoms with Crippen LogP contribution in [0.25, 0.3) is 77.8 Å². The molecule has 3 aromatic heterocycles. The minimum Gasteiger partial charge on any atom is -0.294 e. The van der Waals surface area contributed by atoms with E-state index in [2.05, 4.69) is 161 Å². The number of benzene rings is 6. The van der Waals surface area contributed by atoms with Crippen molar-refractivity contribution in [3.63, 3.8) is 0 Å². The zero-order valence-corrected chi connectivity index (χ0v) is 30.2. The highest BCUT2D eigenvalue weighted by Crippen LogP contribution is 2.62. The molecule has 4 aliphatic rings. The molecule has 4 saturated carbocycles. The zero-order chi connectivity index (χ0) is 35.4. The van der Waals surface area contributed by atoms with Crippen molar-refractivity contribution in [3.05, 3.63) is 157 Å². The number of fused-ring (bicyclic) bond motifs is 6. The number of para-hydroxylation sites is 4. The third-order valence-corrected chi connectivity index (χ3v) is 13.3. The Bertz CT molecular complexity index is 2660. The van der Waals surface area contributed by atoms with E-state index in [1.807, 2.05) is 0 Å². The number of aromatic nitrogens is 4. The fourth-order valence-electron chi connectivity index (χ4n) is 11.6. The molecule has 13 rings (SSSR count). The van der Waals surface area contributed by atoms with E-state index in [0.29, 0.717) is 5.95 Å². The van der Waals surface area contributed by atoms with Crippen LogP contribution in [0.3, 0.4) is 0 Å². The molecule has 0 atom stereocenters. The van der Waals surface area contributed by atoms with Crippen molar-refractivity contribution < 1.29 is 0 Å². The lowest BCUT2D eigenvalue weighted by atomic mass is 9.47. The molecule has 0 radical (unpaired) electrons. The number of nitrogens with zero attached hydrogens (tertiary/aromatic N) is 4. The van der Waals surface area contributed by atoms with E-state index < -0.39 is 0 Å². The molecule has 54 heavy (non-hydrogen) atoms. The van der Waals surface area contributed by atoms with Crippen LogP contribution in [0.15, 0.2) is 152 Å². The van der Waals surface area contributed by atoms with Crippen molar-refractivity contribution in [2.45, 2.75) is 43.9 Å². The predicted molar refractivity (Wildman–Crippen MR) is 221 cm³/mol. The molecule has 4 aliphatic carbocycles. The summed E-state index contributed by atoms with van der Waals surface area (Å²) in [5.74, 6) is 4.17. The van der Waals surface area contributed by atoms with Gasteiger partial charge in [0.05, 0.1) is 27.8 Å². The number of rotatable bonds is 5. The molecule has 4 nitrogen and oxygen atoms in total. The van der Waals surface area contributed by atoms with Gasteiger partial charge in [-0.1, -0.05) is 115 Å². The minimum absolute atomic E-state index is 0.270. The topological polar surface area (TPSA) is 35.6 Å². The summed E-state index contributed by atoms with van der Waals surface area (Å²) in [7, 11) is 0. The van der Waals surface area contributed by atoms with Crippen LogP contribution in [-0.4, -0.2) is 19.1 Å². The second-order valence-electron chi connectivity index (χ2n) is 16.5. The molecule has 0 unspecified atom stereocenters. The molecule has 6 aromatic carbocycles. The molecule has 0 amide bonds. The third-order valence-electron chi connectivity index (χ3n) is 13.3. The van der Waals surface area contributed by atoms with Crippen molar-refractivity contribution in [2.75, 3.05) is 0 Å². The molecule has 0 N–H and O–H groups in total. The summed E-state index contributed by atoms with van der Waals surface area (Å²) >= 11 is 0. The monoisotopic (exact) mass is 696 g/mol. The van der Waals surface area contributed by atoms with Gasteiger partial charge in [-0.25, -0.2) is 4.98 Å². The van der Waals surface area contributed by atoms with Gasteiger partial charge in [-0.3, -0.25) is 9.13 Å². The summed E-state index contributed by atoms with van der Waals surface area (Å²) in [6.07, 6.45) is 8.33. The van der Waals surface area contributed by atoms with Crippen LogP contribution in [0.4, 0.5) is 0 Å². The van der Waals surface area contributed by atoms with E-state index in [1.54, 1.807) is 5.56 Å². The molecule has 4 bridgehead atoms. The Morgan fingerprint density at radius 2 is 0.926 bits per heavy atom. The smallest absolute Gasteiger partial charge is 0.237 e. The van der Waals surface area contributed by atoms with Crippen molar-refractivity contribution in [1.82, 2.24) is 19.1 Å². The van der Waals surface area contributed by atoms with Gasteiger partial charge < -0.3 is 0 Å². The van der Waals surface area contributed by atoms with E-state index in [4.69, 9.17) is 9.97 Å². The van der Waals surface area contributed by atoms with Gasteiger partial charge in [0.2, 0.25) is 5.95 Å². The summed E-state index contributed by atoms with van der Waals surface area (Å²) < 4.78 is 4.59. The van der Waals surface area contributed by atoms with Gasteiger partial charge in [0, 0.05) is 33.2 Å². The van der Waals surface area contributed by atoms with Crippen LogP contribution >= 0.6 is 0 Å². The Morgan fingerprint density at radius 3 is 1.46 bits per heavy atom. The van der Waals surface area contributed by atoms with Crippen molar-refractivity contribution in [2.24, 2.45) is 17.8 Å². The first-order valence-electron chi connectivity index (χ1n) is 19.8. The fraction of sp³-hybridized carbons (Fsp3) is 0.200. The van der Waals surface area contributed by atoms with Gasteiger partial charge in [-0.2, -0.15) is 4.98 Å². The summed E-state index contributed by atoms with van der Waals surface area (Å²) in [4.78, 5) is 11.0. The summed E-state index contributed by atoms with van der Waals surface area (Å²) in [6.45, 7) is 0. The Morgan fingerprint density at radius 1 is 0.444 bits per heavy atom. The quantitative estimate of drug-likeness (QED) is 0.180. The van der Waals surface area contributed by atoms with Crippen LogP contribution < -0.4 is 0 Å². The average Bonchev–Trinajstić information content (AvgIpc) is 3.74. The predicted octanol–water partition coefficient (Wildman–Crippen LogP) is 12.5. The van der Waals surface area contributed by atoms with E-state index in [-0.39, 0.29) is 5.41 Å². The van der Waals surface area contributed by atoms with Crippen LogP contribution in [-0.2, 0) is 5.41 Å². The van der Waals surface area contributed by atoms with E-state index in [0.717, 1.165) is 56.9 Å². The van der Waals surface area contributed by atoms with Gasteiger partial charge in [0.1, 0.15) is 5.82 Å². The summed E-state index contributed by atoms with van der Waals surface area (Å²) in [5, 5.41) is 4.84. The fourth-order valence-corrected chi connectivity index (χ4v) is 11.6. The second-order valence-corrected chi connectivity index (χ2v) is 16.5. The van der Waals surface area contributed by atoms with Crippen LogP contribution in [0.5, 0.6) is 0 Å². The number of hydrogen-bond donors (Lipinski definition) is 0. The molecule has 0 saturated heterocycles. The highest BCUT2D eigenvalue weighted by Gasteiger charge is 2.52. The molecule has 9 aromatic rings. The van der Waals surface area contributed by atoms with Gasteiger partial charge in [0.25, 0.3) is 0 Å². The first-order chi connectivity index (χ1) is 26.7. The third kappa shape index (κ3) is 4.49. The normalized spacial score (nSPS) is 21.9. The Labute approximate surface area is 314 Å². The molecule has 3 heterocycles. The summed E-state index contributed by atoms with van der Waals surface area (Å²) in [6, 6.07) is 55.3. The maximum absolute atomic E-state index is 5.51. The standard InChI is InChI=1S/C50H40N4/c1-2-12-35(13-3-1)41-27-36(22-23-42(41)50-29-32-24-33(30-50)26-34(25-32)31-50)43-28-48(53-44-18-8-4-14-37(44)38-15-5-9-19-45(38)53)52-49(51-43)54-46-20-10-6-16-39(46)40-17-7-11-21-47(40)54/h1-23,27-28,32-34H,24-26,29-31H2.